The molecular formula is C18H23ClN2O4. The summed E-state index contributed by atoms with van der Waals surface area (Å²) in [6.45, 7) is 6.44. The lowest BCUT2D eigenvalue weighted by Gasteiger charge is -2.29. The van der Waals surface area contributed by atoms with Crippen molar-refractivity contribution in [3.8, 4) is 5.75 Å². The fourth-order valence-corrected chi connectivity index (χ4v) is 2.87. The summed E-state index contributed by atoms with van der Waals surface area (Å²) in [5.74, 6) is 0.115. The molecule has 1 aliphatic rings. The lowest BCUT2D eigenvalue weighted by atomic mass is 9.94. The number of allylic oxidation sites excluding steroid dienone is 1. The number of urea groups is 1. The topological polar surface area (TPSA) is 76.7 Å². The summed E-state index contributed by atoms with van der Waals surface area (Å²) in [6.07, 6.45) is 1.38. The molecule has 0 radical (unpaired) electrons. The minimum absolute atomic E-state index is 0.255. The zero-order chi connectivity index (χ0) is 18.4. The smallest absolute Gasteiger partial charge is 0.338 e. The van der Waals surface area contributed by atoms with Crippen LogP contribution in [-0.2, 0) is 9.53 Å². The van der Waals surface area contributed by atoms with Gasteiger partial charge in [0.05, 0.1) is 29.9 Å². The standard InChI is InChI=1S/C18H23ClN2O4/c1-4-9-25-14-8-7-11(10-12(14)19)16-15(17(22)24-6-3)13(5-2)20-18(23)21-16/h7-8,10,16H,4-6,9H2,1-3H3,(H2,20,21,23). The van der Waals surface area contributed by atoms with E-state index in [2.05, 4.69) is 10.6 Å². The number of amides is 2. The first kappa shape index (κ1) is 19.1. The number of benzene rings is 1. The third-order valence-electron chi connectivity index (χ3n) is 3.75. The Bertz CT molecular complexity index is 688. The SMILES string of the molecule is CCCOc1ccc(C2NC(=O)NC(CC)=C2C(=O)OCC)cc1Cl. The van der Waals surface area contributed by atoms with Crippen LogP contribution < -0.4 is 15.4 Å². The van der Waals surface area contributed by atoms with E-state index in [1.807, 2.05) is 13.8 Å². The molecule has 2 amide bonds. The molecule has 6 nitrogen and oxygen atoms in total. The van der Waals surface area contributed by atoms with Crippen molar-refractivity contribution in [2.24, 2.45) is 0 Å². The fraction of sp³-hybridized carbons (Fsp3) is 0.444. The Labute approximate surface area is 152 Å². The summed E-state index contributed by atoms with van der Waals surface area (Å²) in [5.41, 5.74) is 1.63. The van der Waals surface area contributed by atoms with E-state index in [0.717, 1.165) is 6.42 Å². The summed E-state index contributed by atoms with van der Waals surface area (Å²) in [5, 5.41) is 5.88. The van der Waals surface area contributed by atoms with Crippen molar-refractivity contribution in [1.82, 2.24) is 10.6 Å². The summed E-state index contributed by atoms with van der Waals surface area (Å²) in [6, 6.07) is 4.25. The quantitative estimate of drug-likeness (QED) is 0.721. The third-order valence-corrected chi connectivity index (χ3v) is 4.05. The lowest BCUT2D eigenvalue weighted by Crippen LogP contribution is -2.45. The van der Waals surface area contributed by atoms with E-state index >= 15 is 0 Å². The summed E-state index contributed by atoms with van der Waals surface area (Å²) >= 11 is 6.29. The first-order chi connectivity index (χ1) is 12.0. The van der Waals surface area contributed by atoms with Gasteiger partial charge in [-0.3, -0.25) is 0 Å². The Hall–Kier alpha value is -2.21. The number of nitrogens with one attached hydrogen (secondary N) is 2. The highest BCUT2D eigenvalue weighted by molar-refractivity contribution is 6.32. The molecule has 0 aliphatic carbocycles. The van der Waals surface area contributed by atoms with Crippen LogP contribution in [0.1, 0.15) is 45.2 Å². The summed E-state index contributed by atoms with van der Waals surface area (Å²) < 4.78 is 10.7. The largest absolute Gasteiger partial charge is 0.492 e. The number of carbonyl (C=O) groups excluding carboxylic acids is 2. The monoisotopic (exact) mass is 366 g/mol. The molecule has 1 atom stereocenters. The highest BCUT2D eigenvalue weighted by Crippen LogP contribution is 2.33. The second kappa shape index (κ2) is 8.76. The molecular weight excluding hydrogens is 344 g/mol. The van der Waals surface area contributed by atoms with Gasteiger partial charge in [0.25, 0.3) is 0 Å². The van der Waals surface area contributed by atoms with E-state index in [0.29, 0.717) is 40.6 Å². The van der Waals surface area contributed by atoms with Crippen molar-refractivity contribution >= 4 is 23.6 Å². The van der Waals surface area contributed by atoms with Gasteiger partial charge in [-0.2, -0.15) is 0 Å². The van der Waals surface area contributed by atoms with E-state index in [-0.39, 0.29) is 12.6 Å². The van der Waals surface area contributed by atoms with Gasteiger partial charge < -0.3 is 20.1 Å². The van der Waals surface area contributed by atoms with E-state index in [1.54, 1.807) is 25.1 Å². The molecule has 2 N–H and O–H groups in total. The molecule has 2 rings (SSSR count). The van der Waals surface area contributed by atoms with Crippen molar-refractivity contribution in [2.75, 3.05) is 13.2 Å². The van der Waals surface area contributed by atoms with Gasteiger partial charge in [-0.25, -0.2) is 9.59 Å². The Balaban J connectivity index is 2.41. The molecule has 0 saturated carbocycles. The molecule has 1 aromatic carbocycles. The molecule has 1 aromatic rings. The first-order valence-corrected chi connectivity index (χ1v) is 8.79. The lowest BCUT2D eigenvalue weighted by molar-refractivity contribution is -0.139. The Morgan fingerprint density at radius 1 is 1.28 bits per heavy atom. The molecule has 0 aromatic heterocycles. The molecule has 0 fully saturated rings. The Kier molecular flexibility index (Phi) is 6.70. The van der Waals surface area contributed by atoms with Gasteiger partial charge in [0, 0.05) is 5.70 Å². The number of carbonyl (C=O) groups is 2. The number of hydrogen-bond acceptors (Lipinski definition) is 4. The maximum Gasteiger partial charge on any atom is 0.338 e. The van der Waals surface area contributed by atoms with Gasteiger partial charge >= 0.3 is 12.0 Å². The van der Waals surface area contributed by atoms with Gasteiger partial charge in [0.2, 0.25) is 0 Å². The van der Waals surface area contributed by atoms with Gasteiger partial charge in [-0.15, -0.1) is 0 Å². The average Bonchev–Trinajstić information content (AvgIpc) is 2.59. The molecule has 0 bridgehead atoms. The van der Waals surface area contributed by atoms with E-state index in [1.165, 1.54) is 0 Å². The van der Waals surface area contributed by atoms with Crippen molar-refractivity contribution in [1.29, 1.82) is 0 Å². The van der Waals surface area contributed by atoms with Crippen LogP contribution in [-0.4, -0.2) is 25.2 Å². The first-order valence-electron chi connectivity index (χ1n) is 8.41. The van der Waals surface area contributed by atoms with Crippen LogP contribution in [0.25, 0.3) is 0 Å². The molecule has 25 heavy (non-hydrogen) atoms. The molecule has 1 aliphatic heterocycles. The van der Waals surface area contributed by atoms with Crippen LogP contribution in [0, 0.1) is 0 Å². The van der Waals surface area contributed by atoms with Crippen molar-refractivity contribution in [3.05, 3.63) is 40.1 Å². The molecule has 0 saturated heterocycles. The predicted molar refractivity (Wildman–Crippen MR) is 95.6 cm³/mol. The highest BCUT2D eigenvalue weighted by atomic mass is 35.5. The maximum atomic E-state index is 12.4. The van der Waals surface area contributed by atoms with Gasteiger partial charge in [-0.1, -0.05) is 31.5 Å². The molecule has 1 heterocycles. The minimum Gasteiger partial charge on any atom is -0.492 e. The molecule has 0 spiro atoms. The maximum absolute atomic E-state index is 12.4. The third kappa shape index (κ3) is 4.45. The number of rotatable bonds is 7. The molecule has 7 heteroatoms. The highest BCUT2D eigenvalue weighted by Gasteiger charge is 2.33. The van der Waals surface area contributed by atoms with Gasteiger partial charge in [0.15, 0.2) is 0 Å². The molecule has 1 unspecified atom stereocenters. The van der Waals surface area contributed by atoms with Crippen LogP contribution in [0.2, 0.25) is 5.02 Å². The van der Waals surface area contributed by atoms with Crippen LogP contribution >= 0.6 is 11.6 Å². The van der Waals surface area contributed by atoms with Crippen molar-refractivity contribution in [2.45, 2.75) is 39.7 Å². The van der Waals surface area contributed by atoms with Gasteiger partial charge in [0.1, 0.15) is 5.75 Å². The van der Waals surface area contributed by atoms with Crippen molar-refractivity contribution in [3.63, 3.8) is 0 Å². The normalized spacial score (nSPS) is 17.0. The van der Waals surface area contributed by atoms with E-state index in [9.17, 15) is 9.59 Å². The second-order valence-electron chi connectivity index (χ2n) is 5.54. The van der Waals surface area contributed by atoms with E-state index in [4.69, 9.17) is 21.1 Å². The van der Waals surface area contributed by atoms with Crippen LogP contribution in [0.15, 0.2) is 29.5 Å². The average molecular weight is 367 g/mol. The number of ether oxygens (including phenoxy) is 2. The van der Waals surface area contributed by atoms with Crippen LogP contribution in [0.4, 0.5) is 4.79 Å². The zero-order valence-electron chi connectivity index (χ0n) is 14.6. The Morgan fingerprint density at radius 2 is 2.04 bits per heavy atom. The van der Waals surface area contributed by atoms with Crippen molar-refractivity contribution < 1.29 is 19.1 Å². The summed E-state index contributed by atoms with van der Waals surface area (Å²) in [4.78, 5) is 24.4. The number of hydrogen-bond donors (Lipinski definition) is 2. The van der Waals surface area contributed by atoms with E-state index < -0.39 is 12.0 Å². The fourth-order valence-electron chi connectivity index (χ4n) is 2.62. The number of esters is 1. The summed E-state index contributed by atoms with van der Waals surface area (Å²) in [7, 11) is 0. The van der Waals surface area contributed by atoms with Crippen LogP contribution in [0.5, 0.6) is 5.75 Å². The second-order valence-corrected chi connectivity index (χ2v) is 5.94. The van der Waals surface area contributed by atoms with Gasteiger partial charge in [-0.05, 0) is 37.5 Å². The van der Waals surface area contributed by atoms with Crippen LogP contribution in [0.3, 0.4) is 0 Å². The Morgan fingerprint density at radius 3 is 2.64 bits per heavy atom. The predicted octanol–water partition coefficient (Wildman–Crippen LogP) is 3.71. The number of halogens is 1. The zero-order valence-corrected chi connectivity index (χ0v) is 15.4. The molecule has 136 valence electrons. The minimum atomic E-state index is -0.625.